The summed E-state index contributed by atoms with van der Waals surface area (Å²) in [5.41, 5.74) is -0.836. The topological polar surface area (TPSA) is 108 Å². The van der Waals surface area contributed by atoms with Gasteiger partial charge in [0.2, 0.25) is 0 Å². The number of hydrogen-bond donors (Lipinski definition) is 1. The third-order valence-electron chi connectivity index (χ3n) is 2.75. The number of methoxy groups -OCH3 is 1. The van der Waals surface area contributed by atoms with Crippen LogP contribution in [0.5, 0.6) is 5.75 Å². The average molecular weight is 324 g/mol. The molecule has 8 heteroatoms. The zero-order valence-electron chi connectivity index (χ0n) is 13.7. The summed E-state index contributed by atoms with van der Waals surface area (Å²) in [4.78, 5) is 33.9. The number of carbonyl (C=O) groups is 2. The molecule has 0 heterocycles. The molecule has 0 aliphatic heterocycles. The highest BCUT2D eigenvalue weighted by atomic mass is 16.6. The number of amides is 1. The Labute approximate surface area is 133 Å². The third kappa shape index (κ3) is 5.24. The molecule has 0 fully saturated rings. The fourth-order valence-corrected chi connectivity index (χ4v) is 1.72. The van der Waals surface area contributed by atoms with Crippen LogP contribution in [-0.2, 0) is 9.53 Å². The van der Waals surface area contributed by atoms with Gasteiger partial charge in [-0.3, -0.25) is 14.9 Å². The van der Waals surface area contributed by atoms with Crippen molar-refractivity contribution in [1.29, 1.82) is 0 Å². The number of nitrogens with one attached hydrogen (secondary N) is 1. The fourth-order valence-electron chi connectivity index (χ4n) is 1.72. The van der Waals surface area contributed by atoms with Gasteiger partial charge in [-0.15, -0.1) is 0 Å². The number of esters is 1. The number of nitro benzene ring substituents is 1. The molecule has 0 radical (unpaired) electrons. The first kappa shape index (κ1) is 18.4. The minimum Gasteiger partial charge on any atom is -0.474 e. The quantitative estimate of drug-likeness (QED) is 0.504. The summed E-state index contributed by atoms with van der Waals surface area (Å²) in [5, 5.41) is 13.9. The molecule has 0 saturated carbocycles. The van der Waals surface area contributed by atoms with Crippen molar-refractivity contribution in [1.82, 2.24) is 5.32 Å². The Morgan fingerprint density at radius 2 is 1.91 bits per heavy atom. The van der Waals surface area contributed by atoms with Crippen LogP contribution in [0, 0.1) is 10.1 Å². The van der Waals surface area contributed by atoms with Gasteiger partial charge in [0, 0.05) is 11.6 Å². The summed E-state index contributed by atoms with van der Waals surface area (Å²) in [6.45, 7) is 6.92. The molecule has 1 rings (SSSR count). The summed E-state index contributed by atoms with van der Waals surface area (Å²) in [6, 6.07) is 3.66. The van der Waals surface area contributed by atoms with Gasteiger partial charge in [-0.25, -0.2) is 4.79 Å². The highest BCUT2D eigenvalue weighted by Gasteiger charge is 2.25. The van der Waals surface area contributed by atoms with Gasteiger partial charge >= 0.3 is 11.7 Å². The van der Waals surface area contributed by atoms with Crippen molar-refractivity contribution >= 4 is 17.6 Å². The first-order chi connectivity index (χ1) is 10.5. The standard InChI is InChI=1S/C15H20N2O6/c1-9(13(18)16-15(2,3)4)23-12-7-6-10(14(19)22-5)8-11(12)17(20)21/h6-9H,1-5H3,(H,16,18)/t9-/m1/s1. The Bertz CT molecular complexity index is 621. The predicted molar refractivity (Wildman–Crippen MR) is 82.4 cm³/mol. The smallest absolute Gasteiger partial charge is 0.338 e. The van der Waals surface area contributed by atoms with Crippen LogP contribution in [-0.4, -0.2) is 35.6 Å². The number of nitrogens with zero attached hydrogens (tertiary/aromatic N) is 1. The molecular formula is C15H20N2O6. The van der Waals surface area contributed by atoms with Crippen molar-refractivity contribution in [3.8, 4) is 5.75 Å². The van der Waals surface area contributed by atoms with Crippen LogP contribution in [0.1, 0.15) is 38.1 Å². The van der Waals surface area contributed by atoms with Crippen LogP contribution < -0.4 is 10.1 Å². The van der Waals surface area contributed by atoms with Gasteiger partial charge in [-0.2, -0.15) is 0 Å². The first-order valence-corrected chi connectivity index (χ1v) is 6.90. The minimum absolute atomic E-state index is 0.0262. The van der Waals surface area contributed by atoms with Crippen molar-refractivity contribution < 1.29 is 24.0 Å². The number of benzene rings is 1. The van der Waals surface area contributed by atoms with Crippen molar-refractivity contribution in [2.24, 2.45) is 0 Å². The van der Waals surface area contributed by atoms with Crippen LogP contribution in [0.25, 0.3) is 0 Å². The van der Waals surface area contributed by atoms with Crippen molar-refractivity contribution in [2.45, 2.75) is 39.3 Å². The molecule has 0 aliphatic carbocycles. The van der Waals surface area contributed by atoms with Crippen LogP contribution in [0.15, 0.2) is 18.2 Å². The van der Waals surface area contributed by atoms with E-state index < -0.39 is 34.1 Å². The summed E-state index contributed by atoms with van der Waals surface area (Å²) >= 11 is 0. The molecule has 0 bridgehead atoms. The maximum Gasteiger partial charge on any atom is 0.338 e. The molecule has 1 amide bonds. The van der Waals surface area contributed by atoms with E-state index in [0.29, 0.717) is 0 Å². The SMILES string of the molecule is COC(=O)c1ccc(O[C@H](C)C(=O)NC(C)(C)C)c([N+](=O)[O-])c1. The van der Waals surface area contributed by atoms with Gasteiger partial charge in [-0.05, 0) is 39.8 Å². The first-order valence-electron chi connectivity index (χ1n) is 6.90. The highest BCUT2D eigenvalue weighted by molar-refractivity contribution is 5.90. The van der Waals surface area contributed by atoms with E-state index in [4.69, 9.17) is 4.74 Å². The molecule has 0 unspecified atom stereocenters. The number of carbonyl (C=O) groups excluding carboxylic acids is 2. The maximum absolute atomic E-state index is 12.0. The lowest BCUT2D eigenvalue weighted by Gasteiger charge is -2.23. The molecule has 0 aliphatic rings. The number of nitro groups is 1. The lowest BCUT2D eigenvalue weighted by atomic mass is 10.1. The van der Waals surface area contributed by atoms with Gasteiger partial charge < -0.3 is 14.8 Å². The Hall–Kier alpha value is -2.64. The molecule has 1 aromatic rings. The molecule has 23 heavy (non-hydrogen) atoms. The normalized spacial score (nSPS) is 12.2. The molecule has 0 saturated heterocycles. The largest absolute Gasteiger partial charge is 0.474 e. The maximum atomic E-state index is 12.0. The van der Waals surface area contributed by atoms with E-state index in [1.54, 1.807) is 0 Å². The summed E-state index contributed by atoms with van der Waals surface area (Å²) in [5.74, 6) is -1.19. The van der Waals surface area contributed by atoms with Crippen LogP contribution in [0.2, 0.25) is 0 Å². The summed E-state index contributed by atoms with van der Waals surface area (Å²) in [7, 11) is 1.18. The number of hydrogen-bond acceptors (Lipinski definition) is 6. The van der Waals surface area contributed by atoms with E-state index in [1.165, 1.54) is 26.2 Å². The lowest BCUT2D eigenvalue weighted by molar-refractivity contribution is -0.386. The molecule has 0 spiro atoms. The Morgan fingerprint density at radius 3 is 2.39 bits per heavy atom. The minimum atomic E-state index is -0.933. The van der Waals surface area contributed by atoms with E-state index in [2.05, 4.69) is 10.1 Å². The Balaban J connectivity index is 3.02. The second-order valence-corrected chi connectivity index (χ2v) is 5.93. The van der Waals surface area contributed by atoms with Gasteiger partial charge in [-0.1, -0.05) is 0 Å². The molecule has 1 N–H and O–H groups in total. The molecule has 0 aromatic heterocycles. The molecule has 8 nitrogen and oxygen atoms in total. The van der Waals surface area contributed by atoms with Gasteiger partial charge in [0.15, 0.2) is 11.9 Å². The average Bonchev–Trinajstić information content (AvgIpc) is 2.44. The predicted octanol–water partition coefficient (Wildman–Crippen LogP) is 2.06. The van der Waals surface area contributed by atoms with Crippen LogP contribution in [0.3, 0.4) is 0 Å². The van der Waals surface area contributed by atoms with Crippen LogP contribution in [0.4, 0.5) is 5.69 Å². The van der Waals surface area contributed by atoms with Gasteiger partial charge in [0.25, 0.3) is 5.91 Å². The molecule has 126 valence electrons. The Kier molecular flexibility index (Phi) is 5.67. The monoisotopic (exact) mass is 324 g/mol. The summed E-state index contributed by atoms with van der Waals surface area (Å²) in [6.07, 6.45) is -0.933. The van der Waals surface area contributed by atoms with E-state index in [-0.39, 0.29) is 11.3 Å². The van der Waals surface area contributed by atoms with Crippen molar-refractivity contribution in [3.63, 3.8) is 0 Å². The fraction of sp³-hybridized carbons (Fsp3) is 0.467. The van der Waals surface area contributed by atoms with E-state index in [9.17, 15) is 19.7 Å². The number of ether oxygens (including phenoxy) is 2. The molecular weight excluding hydrogens is 304 g/mol. The zero-order chi connectivity index (χ0) is 17.8. The Morgan fingerprint density at radius 1 is 1.30 bits per heavy atom. The van der Waals surface area contributed by atoms with E-state index in [0.717, 1.165) is 6.07 Å². The second-order valence-electron chi connectivity index (χ2n) is 5.93. The highest BCUT2D eigenvalue weighted by Crippen LogP contribution is 2.29. The van der Waals surface area contributed by atoms with Crippen molar-refractivity contribution in [2.75, 3.05) is 7.11 Å². The second kappa shape index (κ2) is 7.08. The third-order valence-corrected chi connectivity index (χ3v) is 2.75. The number of rotatable bonds is 5. The van der Waals surface area contributed by atoms with Crippen molar-refractivity contribution in [3.05, 3.63) is 33.9 Å². The lowest BCUT2D eigenvalue weighted by Crippen LogP contribution is -2.46. The zero-order valence-corrected chi connectivity index (χ0v) is 13.7. The molecule has 1 atom stereocenters. The van der Waals surface area contributed by atoms with E-state index in [1.807, 2.05) is 20.8 Å². The van der Waals surface area contributed by atoms with Crippen LogP contribution >= 0.6 is 0 Å². The van der Waals surface area contributed by atoms with Gasteiger partial charge in [0.1, 0.15) is 0 Å². The summed E-state index contributed by atoms with van der Waals surface area (Å²) < 4.78 is 9.90. The van der Waals surface area contributed by atoms with E-state index >= 15 is 0 Å². The van der Waals surface area contributed by atoms with Gasteiger partial charge in [0.05, 0.1) is 17.6 Å². The molecule has 1 aromatic carbocycles.